The zero-order valence-electron chi connectivity index (χ0n) is 18.6. The Bertz CT molecular complexity index is 978. The third-order valence-electron chi connectivity index (χ3n) is 8.88. The second-order valence-corrected chi connectivity index (χ2v) is 10.3. The minimum atomic E-state index is -0.191. The molecular formula is C29H33FO. The molecule has 0 saturated heterocycles. The molecule has 2 saturated carbocycles. The molecule has 0 spiro atoms. The number of hydrogen-bond donors (Lipinski definition) is 0. The Morgan fingerprint density at radius 1 is 1.13 bits per heavy atom. The lowest BCUT2D eigenvalue weighted by molar-refractivity contribution is -0.114. The Hall–Kier alpha value is -2.22. The van der Waals surface area contributed by atoms with E-state index < -0.39 is 0 Å². The van der Waals surface area contributed by atoms with Gasteiger partial charge in [0.2, 0.25) is 0 Å². The molecule has 4 aliphatic carbocycles. The number of carbonyl (C=O) groups is 1. The summed E-state index contributed by atoms with van der Waals surface area (Å²) in [5, 5.41) is 0. The lowest BCUT2D eigenvalue weighted by atomic mass is 9.52. The Balaban J connectivity index is 1.61. The van der Waals surface area contributed by atoms with Gasteiger partial charge in [0.05, 0.1) is 6.67 Å². The summed E-state index contributed by atoms with van der Waals surface area (Å²) in [7, 11) is 0. The van der Waals surface area contributed by atoms with Gasteiger partial charge >= 0.3 is 0 Å². The summed E-state index contributed by atoms with van der Waals surface area (Å²) in [5.74, 6) is 1.93. The fraction of sp³-hybridized carbons (Fsp3) is 0.483. The van der Waals surface area contributed by atoms with Crippen LogP contribution in [0.15, 0.2) is 65.8 Å². The van der Waals surface area contributed by atoms with Gasteiger partial charge < -0.3 is 0 Å². The van der Waals surface area contributed by atoms with Gasteiger partial charge in [-0.2, -0.15) is 0 Å². The zero-order chi connectivity index (χ0) is 21.6. The van der Waals surface area contributed by atoms with E-state index in [1.807, 2.05) is 12.2 Å². The van der Waals surface area contributed by atoms with Crippen LogP contribution < -0.4 is 0 Å². The number of fused-ring (bicyclic) bond motifs is 4. The molecule has 5 unspecified atom stereocenters. The van der Waals surface area contributed by atoms with E-state index in [1.165, 1.54) is 22.3 Å². The van der Waals surface area contributed by atoms with Gasteiger partial charge in [0.1, 0.15) is 0 Å². The van der Waals surface area contributed by atoms with Crippen molar-refractivity contribution >= 4 is 11.9 Å². The number of halogens is 1. The van der Waals surface area contributed by atoms with Crippen LogP contribution in [-0.2, 0) is 4.79 Å². The van der Waals surface area contributed by atoms with Gasteiger partial charge in [-0.3, -0.25) is 9.18 Å². The molecular weight excluding hydrogens is 383 g/mol. The third kappa shape index (κ3) is 3.39. The monoisotopic (exact) mass is 416 g/mol. The average Bonchev–Trinajstić information content (AvgIpc) is 3.13. The summed E-state index contributed by atoms with van der Waals surface area (Å²) in [4.78, 5) is 12.1. The van der Waals surface area contributed by atoms with Crippen molar-refractivity contribution in [1.29, 1.82) is 0 Å². The van der Waals surface area contributed by atoms with Crippen molar-refractivity contribution in [2.45, 2.75) is 57.8 Å². The van der Waals surface area contributed by atoms with Crippen LogP contribution in [0.3, 0.4) is 0 Å². The highest BCUT2D eigenvalue weighted by molar-refractivity contribution is 5.93. The number of allylic oxidation sites excluding steroid dienone is 6. The predicted octanol–water partition coefficient (Wildman–Crippen LogP) is 7.37. The number of rotatable bonds is 4. The highest BCUT2D eigenvalue weighted by atomic mass is 19.1. The number of ketones is 1. The first-order valence-electron chi connectivity index (χ1n) is 12.0. The normalized spacial score (nSPS) is 34.9. The summed E-state index contributed by atoms with van der Waals surface area (Å²) in [6, 6.07) is 8.92. The van der Waals surface area contributed by atoms with Crippen LogP contribution in [0.25, 0.3) is 6.08 Å². The van der Waals surface area contributed by atoms with E-state index in [-0.39, 0.29) is 23.8 Å². The maximum atomic E-state index is 14.1. The molecule has 0 aliphatic heterocycles. The average molecular weight is 417 g/mol. The maximum Gasteiger partial charge on any atom is 0.156 e. The van der Waals surface area contributed by atoms with E-state index in [4.69, 9.17) is 0 Å². The molecule has 0 radical (unpaired) electrons. The molecule has 2 heteroatoms. The maximum absolute atomic E-state index is 14.1. The molecule has 5 atom stereocenters. The van der Waals surface area contributed by atoms with Crippen molar-refractivity contribution in [2.24, 2.45) is 23.2 Å². The first kappa shape index (κ1) is 20.7. The van der Waals surface area contributed by atoms with Gasteiger partial charge in [0.15, 0.2) is 5.78 Å². The molecule has 31 heavy (non-hydrogen) atoms. The molecule has 1 aromatic rings. The lowest BCUT2D eigenvalue weighted by Crippen LogP contribution is -2.43. The second-order valence-electron chi connectivity index (χ2n) is 10.3. The van der Waals surface area contributed by atoms with Gasteiger partial charge in [0, 0.05) is 12.3 Å². The number of hydrogen-bond acceptors (Lipinski definition) is 1. The number of alkyl halides is 1. The molecule has 0 bridgehead atoms. The largest absolute Gasteiger partial charge is 0.295 e. The molecule has 162 valence electrons. The minimum absolute atomic E-state index is 0.0707. The van der Waals surface area contributed by atoms with Gasteiger partial charge in [-0.15, -0.1) is 0 Å². The van der Waals surface area contributed by atoms with Crippen molar-refractivity contribution in [2.75, 3.05) is 6.67 Å². The van der Waals surface area contributed by atoms with E-state index >= 15 is 0 Å². The smallest absolute Gasteiger partial charge is 0.156 e. The van der Waals surface area contributed by atoms with Crippen molar-refractivity contribution in [3.63, 3.8) is 0 Å². The Labute approximate surface area is 185 Å². The molecule has 0 N–H and O–H groups in total. The Kier molecular flexibility index (Phi) is 5.36. The van der Waals surface area contributed by atoms with Crippen LogP contribution in [0.1, 0.15) is 68.9 Å². The fourth-order valence-electron chi connectivity index (χ4n) is 7.33. The molecule has 2 fully saturated rings. The van der Waals surface area contributed by atoms with Crippen molar-refractivity contribution in [3.8, 4) is 0 Å². The van der Waals surface area contributed by atoms with Crippen LogP contribution in [0.4, 0.5) is 4.39 Å². The molecule has 0 amide bonds. The third-order valence-corrected chi connectivity index (χ3v) is 8.88. The fourth-order valence-corrected chi connectivity index (χ4v) is 7.33. The van der Waals surface area contributed by atoms with Crippen LogP contribution >= 0.6 is 0 Å². The summed E-state index contributed by atoms with van der Waals surface area (Å²) < 4.78 is 14.1. The topological polar surface area (TPSA) is 17.1 Å². The number of carbonyl (C=O) groups excluding carboxylic acids is 1. The molecule has 0 heterocycles. The van der Waals surface area contributed by atoms with Crippen LogP contribution in [-0.4, -0.2) is 12.5 Å². The number of benzene rings is 1. The minimum Gasteiger partial charge on any atom is -0.295 e. The van der Waals surface area contributed by atoms with E-state index in [0.29, 0.717) is 24.2 Å². The van der Waals surface area contributed by atoms with Crippen molar-refractivity contribution in [3.05, 3.63) is 76.9 Å². The highest BCUT2D eigenvalue weighted by Gasteiger charge is 2.56. The quantitative estimate of drug-likeness (QED) is 0.468. The predicted molar refractivity (Wildman–Crippen MR) is 125 cm³/mol. The highest BCUT2D eigenvalue weighted by Crippen LogP contribution is 2.65. The van der Waals surface area contributed by atoms with Crippen molar-refractivity contribution < 1.29 is 9.18 Å². The second kappa shape index (κ2) is 8.04. The van der Waals surface area contributed by atoms with Gasteiger partial charge in [-0.1, -0.05) is 61.6 Å². The van der Waals surface area contributed by atoms with Crippen molar-refractivity contribution in [1.82, 2.24) is 0 Å². The molecule has 4 aliphatic rings. The standard InChI is InChI=1S/C29H33FO/c1-3-4-5-19-6-8-20(9-7-19)26-17-29(2)22(18-30)11-15-27(29)25-13-10-21-16-23(31)12-14-24(21)28(25)26/h3-9,16,22,25-27H,1,10-15,17-18H2,2H3/b5-4+. The van der Waals surface area contributed by atoms with Crippen LogP contribution in [0.2, 0.25) is 0 Å². The Morgan fingerprint density at radius 2 is 1.94 bits per heavy atom. The van der Waals surface area contributed by atoms with Crippen LogP contribution in [0.5, 0.6) is 0 Å². The zero-order valence-corrected chi connectivity index (χ0v) is 18.6. The first-order valence-corrected chi connectivity index (χ1v) is 12.0. The summed E-state index contributed by atoms with van der Waals surface area (Å²) in [6.45, 7) is 5.94. The van der Waals surface area contributed by atoms with E-state index in [9.17, 15) is 9.18 Å². The van der Waals surface area contributed by atoms with E-state index in [1.54, 1.807) is 11.6 Å². The van der Waals surface area contributed by atoms with Gasteiger partial charge in [-0.25, -0.2) is 0 Å². The molecule has 1 nitrogen and oxygen atoms in total. The summed E-state index contributed by atoms with van der Waals surface area (Å²) >= 11 is 0. The molecule has 1 aromatic carbocycles. The van der Waals surface area contributed by atoms with Crippen LogP contribution in [0, 0.1) is 23.2 Å². The van der Waals surface area contributed by atoms with E-state index in [0.717, 1.165) is 38.5 Å². The van der Waals surface area contributed by atoms with E-state index in [2.05, 4.69) is 43.8 Å². The molecule has 0 aromatic heterocycles. The first-order chi connectivity index (χ1) is 15.0. The lowest BCUT2D eigenvalue weighted by Gasteiger charge is -2.52. The summed E-state index contributed by atoms with van der Waals surface area (Å²) in [6.07, 6.45) is 14.6. The summed E-state index contributed by atoms with van der Waals surface area (Å²) in [5.41, 5.74) is 6.96. The SMILES string of the molecule is C=C/C=C/c1ccc(C2CC3(C)C(CF)CCC3C3CCC4=CC(=O)CCC4=C23)cc1. The van der Waals surface area contributed by atoms with Gasteiger partial charge in [-0.05, 0) is 90.0 Å². The molecule has 5 rings (SSSR count). The Morgan fingerprint density at radius 3 is 2.68 bits per heavy atom. The van der Waals surface area contributed by atoms with Gasteiger partial charge in [0.25, 0.3) is 0 Å².